The molecule has 0 aromatic rings. The summed E-state index contributed by atoms with van der Waals surface area (Å²) in [4.78, 5) is 14.3. The third kappa shape index (κ3) is 6.68. The number of carbonyl (C=O) groups excluding carboxylic acids is 1. The first-order chi connectivity index (χ1) is 9.65. The van der Waals surface area contributed by atoms with E-state index in [1.807, 2.05) is 4.90 Å². The Morgan fingerprint density at radius 2 is 2.10 bits per heavy atom. The van der Waals surface area contributed by atoms with Gasteiger partial charge in [0.15, 0.2) is 0 Å². The highest BCUT2D eigenvalue weighted by Crippen LogP contribution is 2.13. The fourth-order valence-corrected chi connectivity index (χ4v) is 2.47. The van der Waals surface area contributed by atoms with Gasteiger partial charge in [-0.25, -0.2) is 0 Å². The summed E-state index contributed by atoms with van der Waals surface area (Å²) in [6.07, 6.45) is 4.07. The number of methoxy groups -OCH3 is 1. The van der Waals surface area contributed by atoms with E-state index < -0.39 is 0 Å². The molecule has 0 bridgehead atoms. The zero-order valence-corrected chi connectivity index (χ0v) is 13.2. The lowest BCUT2D eigenvalue weighted by Gasteiger charge is -2.33. The number of hydrogen-bond donors (Lipinski definition) is 1. The molecule has 1 aliphatic heterocycles. The molecule has 1 fully saturated rings. The zero-order chi connectivity index (χ0) is 14.8. The highest BCUT2D eigenvalue weighted by molar-refractivity contribution is 5.82. The minimum atomic E-state index is 0.0155. The first-order valence-corrected chi connectivity index (χ1v) is 7.76. The Morgan fingerprint density at radius 1 is 1.30 bits per heavy atom. The van der Waals surface area contributed by atoms with E-state index in [2.05, 4.69) is 19.2 Å². The van der Waals surface area contributed by atoms with Crippen molar-refractivity contribution >= 4 is 5.91 Å². The van der Waals surface area contributed by atoms with E-state index in [0.717, 1.165) is 45.4 Å². The Morgan fingerprint density at radius 3 is 2.80 bits per heavy atom. The highest BCUT2D eigenvalue weighted by Gasteiger charge is 2.28. The second-order valence-corrected chi connectivity index (χ2v) is 5.65. The van der Waals surface area contributed by atoms with Gasteiger partial charge in [-0.15, -0.1) is 0 Å². The van der Waals surface area contributed by atoms with E-state index in [1.54, 1.807) is 7.11 Å². The monoisotopic (exact) mass is 286 g/mol. The standard InChI is InChI=1S/C15H30N2O3/c1-13(2)16-14-7-6-9-17(15(14)18)8-4-5-10-20-12-11-19-3/h13-14,16H,4-12H2,1-3H3. The number of piperidine rings is 1. The van der Waals surface area contributed by atoms with Crippen LogP contribution in [-0.4, -0.2) is 62.9 Å². The largest absolute Gasteiger partial charge is 0.382 e. The van der Waals surface area contributed by atoms with E-state index in [4.69, 9.17) is 9.47 Å². The number of rotatable bonds is 10. The first kappa shape index (κ1) is 17.4. The summed E-state index contributed by atoms with van der Waals surface area (Å²) in [5, 5.41) is 3.36. The molecule has 1 heterocycles. The molecule has 20 heavy (non-hydrogen) atoms. The molecule has 0 spiro atoms. The van der Waals surface area contributed by atoms with E-state index in [9.17, 15) is 4.79 Å². The number of likely N-dealkylation sites (tertiary alicyclic amines) is 1. The molecular weight excluding hydrogens is 256 g/mol. The Bertz CT molecular complexity index is 272. The molecule has 0 aromatic heterocycles. The summed E-state index contributed by atoms with van der Waals surface area (Å²) in [6, 6.07) is 0.375. The minimum absolute atomic E-state index is 0.0155. The Balaban J connectivity index is 2.14. The maximum absolute atomic E-state index is 12.3. The van der Waals surface area contributed by atoms with Crippen LogP contribution in [0.15, 0.2) is 0 Å². The van der Waals surface area contributed by atoms with Gasteiger partial charge in [-0.3, -0.25) is 4.79 Å². The fourth-order valence-electron chi connectivity index (χ4n) is 2.47. The van der Waals surface area contributed by atoms with Gasteiger partial charge in [-0.05, 0) is 25.7 Å². The lowest BCUT2D eigenvalue weighted by atomic mass is 10.0. The van der Waals surface area contributed by atoms with Crippen molar-refractivity contribution in [1.82, 2.24) is 10.2 Å². The third-order valence-corrected chi connectivity index (χ3v) is 3.46. The number of ether oxygens (including phenoxy) is 2. The van der Waals surface area contributed by atoms with Gasteiger partial charge in [0.25, 0.3) is 0 Å². The van der Waals surface area contributed by atoms with Gasteiger partial charge in [0.1, 0.15) is 0 Å². The van der Waals surface area contributed by atoms with Crippen molar-refractivity contribution in [1.29, 1.82) is 0 Å². The number of amides is 1. The topological polar surface area (TPSA) is 50.8 Å². The average Bonchev–Trinajstić information content (AvgIpc) is 2.41. The van der Waals surface area contributed by atoms with Crippen LogP contribution in [0.3, 0.4) is 0 Å². The van der Waals surface area contributed by atoms with Gasteiger partial charge in [0.05, 0.1) is 19.3 Å². The van der Waals surface area contributed by atoms with Crippen molar-refractivity contribution in [2.24, 2.45) is 0 Å². The molecule has 1 rings (SSSR count). The third-order valence-electron chi connectivity index (χ3n) is 3.46. The number of hydrogen-bond acceptors (Lipinski definition) is 4. The molecule has 118 valence electrons. The molecule has 5 nitrogen and oxygen atoms in total. The molecule has 0 radical (unpaired) electrons. The normalized spacial score (nSPS) is 19.9. The molecule has 5 heteroatoms. The lowest BCUT2D eigenvalue weighted by Crippen LogP contribution is -2.52. The fraction of sp³-hybridized carbons (Fsp3) is 0.933. The van der Waals surface area contributed by atoms with Crippen molar-refractivity contribution in [3.05, 3.63) is 0 Å². The molecule has 1 atom stereocenters. The molecule has 1 unspecified atom stereocenters. The second kappa shape index (κ2) is 10.1. The van der Waals surface area contributed by atoms with Gasteiger partial charge in [-0.2, -0.15) is 0 Å². The van der Waals surface area contributed by atoms with E-state index >= 15 is 0 Å². The summed E-state index contributed by atoms with van der Waals surface area (Å²) >= 11 is 0. The number of unbranched alkanes of at least 4 members (excludes halogenated alkanes) is 1. The van der Waals surface area contributed by atoms with Crippen molar-refractivity contribution in [2.75, 3.05) is 40.0 Å². The van der Waals surface area contributed by atoms with Crippen LogP contribution in [0.4, 0.5) is 0 Å². The van der Waals surface area contributed by atoms with E-state index in [-0.39, 0.29) is 11.9 Å². The highest BCUT2D eigenvalue weighted by atomic mass is 16.5. The maximum atomic E-state index is 12.3. The van der Waals surface area contributed by atoms with Gasteiger partial charge >= 0.3 is 0 Å². The van der Waals surface area contributed by atoms with Crippen LogP contribution in [0, 0.1) is 0 Å². The van der Waals surface area contributed by atoms with Crippen LogP contribution in [0.5, 0.6) is 0 Å². The van der Waals surface area contributed by atoms with E-state index in [0.29, 0.717) is 19.3 Å². The van der Waals surface area contributed by atoms with Crippen molar-refractivity contribution in [2.45, 2.75) is 51.6 Å². The molecule has 0 aromatic carbocycles. The summed E-state index contributed by atoms with van der Waals surface area (Å²) in [5.41, 5.74) is 0. The quantitative estimate of drug-likeness (QED) is 0.617. The Kier molecular flexibility index (Phi) is 8.82. The van der Waals surface area contributed by atoms with Gasteiger partial charge in [0, 0.05) is 32.8 Å². The van der Waals surface area contributed by atoms with Gasteiger partial charge in [-0.1, -0.05) is 13.8 Å². The Labute approximate surface area is 123 Å². The molecular formula is C15H30N2O3. The number of carbonyl (C=O) groups is 1. The number of nitrogens with zero attached hydrogens (tertiary/aromatic N) is 1. The van der Waals surface area contributed by atoms with Crippen LogP contribution in [-0.2, 0) is 14.3 Å². The summed E-state index contributed by atoms with van der Waals surface area (Å²) in [6.45, 7) is 7.97. The van der Waals surface area contributed by atoms with Crippen LogP contribution in [0.25, 0.3) is 0 Å². The number of nitrogens with one attached hydrogen (secondary N) is 1. The average molecular weight is 286 g/mol. The van der Waals surface area contributed by atoms with Crippen LogP contribution in [0.1, 0.15) is 39.5 Å². The zero-order valence-electron chi connectivity index (χ0n) is 13.2. The molecule has 1 N–H and O–H groups in total. The van der Waals surface area contributed by atoms with Crippen molar-refractivity contribution < 1.29 is 14.3 Å². The molecule has 1 amide bonds. The van der Waals surface area contributed by atoms with Crippen molar-refractivity contribution in [3.63, 3.8) is 0 Å². The molecule has 0 saturated carbocycles. The van der Waals surface area contributed by atoms with Crippen LogP contribution < -0.4 is 5.32 Å². The van der Waals surface area contributed by atoms with Gasteiger partial charge in [0.2, 0.25) is 5.91 Å². The first-order valence-electron chi connectivity index (χ1n) is 7.76. The molecule has 0 aliphatic carbocycles. The SMILES string of the molecule is COCCOCCCCN1CCCC(NC(C)C)C1=O. The smallest absolute Gasteiger partial charge is 0.239 e. The van der Waals surface area contributed by atoms with Gasteiger partial charge < -0.3 is 19.7 Å². The summed E-state index contributed by atoms with van der Waals surface area (Å²) < 4.78 is 10.3. The summed E-state index contributed by atoms with van der Waals surface area (Å²) in [5.74, 6) is 0.269. The second-order valence-electron chi connectivity index (χ2n) is 5.65. The summed E-state index contributed by atoms with van der Waals surface area (Å²) in [7, 11) is 1.67. The lowest BCUT2D eigenvalue weighted by molar-refractivity contribution is -0.136. The Hall–Kier alpha value is -0.650. The predicted molar refractivity (Wildman–Crippen MR) is 79.8 cm³/mol. The van der Waals surface area contributed by atoms with E-state index in [1.165, 1.54) is 0 Å². The van der Waals surface area contributed by atoms with Crippen molar-refractivity contribution in [3.8, 4) is 0 Å². The maximum Gasteiger partial charge on any atom is 0.239 e. The van der Waals surface area contributed by atoms with Crippen LogP contribution >= 0.6 is 0 Å². The predicted octanol–water partition coefficient (Wildman–Crippen LogP) is 1.42. The minimum Gasteiger partial charge on any atom is -0.382 e. The van der Waals surface area contributed by atoms with Crippen LogP contribution in [0.2, 0.25) is 0 Å². The molecule has 1 aliphatic rings. The molecule has 1 saturated heterocycles.